The van der Waals surface area contributed by atoms with E-state index in [1.807, 2.05) is 6.07 Å². The third-order valence-corrected chi connectivity index (χ3v) is 5.07. The average Bonchev–Trinajstić information content (AvgIpc) is 3.33. The van der Waals surface area contributed by atoms with Gasteiger partial charge in [-0.05, 0) is 36.4 Å². The fourth-order valence-electron chi connectivity index (χ4n) is 2.87. The Hall–Kier alpha value is -2.67. The second-order valence-corrected chi connectivity index (χ2v) is 6.63. The molecule has 1 saturated heterocycles. The molecule has 3 aromatic rings. The lowest BCUT2D eigenvalue weighted by molar-refractivity contribution is 0.0742. The number of carbonyl (C=O) groups excluding carboxylic acids is 1. The molecule has 0 bridgehead atoms. The first-order valence-corrected chi connectivity index (χ1v) is 8.88. The van der Waals surface area contributed by atoms with Crippen LogP contribution in [0.5, 0.6) is 0 Å². The predicted molar refractivity (Wildman–Crippen MR) is 94.3 cm³/mol. The van der Waals surface area contributed by atoms with E-state index in [1.54, 1.807) is 34.7 Å². The second-order valence-electron chi connectivity index (χ2n) is 5.77. The van der Waals surface area contributed by atoms with E-state index in [9.17, 15) is 9.18 Å². The second kappa shape index (κ2) is 6.68. The minimum absolute atomic E-state index is 0.0622. The fourth-order valence-corrected chi connectivity index (χ4v) is 3.63. The molecule has 1 amide bonds. The number of aromatic nitrogens is 1. The van der Waals surface area contributed by atoms with Crippen molar-refractivity contribution >= 4 is 22.9 Å². The molecule has 3 heterocycles. The van der Waals surface area contributed by atoms with Crippen LogP contribution in [-0.2, 0) is 0 Å². The van der Waals surface area contributed by atoms with Crippen molar-refractivity contribution in [3.63, 3.8) is 0 Å². The molecule has 0 unspecified atom stereocenters. The summed E-state index contributed by atoms with van der Waals surface area (Å²) in [7, 11) is 0. The third-order valence-electron chi connectivity index (χ3n) is 4.21. The van der Waals surface area contributed by atoms with E-state index in [1.165, 1.54) is 23.5 Å². The van der Waals surface area contributed by atoms with Gasteiger partial charge < -0.3 is 14.2 Å². The number of benzene rings is 1. The Balaban J connectivity index is 1.40. The maximum absolute atomic E-state index is 13.0. The Bertz CT molecular complexity index is 853. The highest BCUT2D eigenvalue weighted by molar-refractivity contribution is 7.13. The van der Waals surface area contributed by atoms with Gasteiger partial charge in [0.25, 0.3) is 5.91 Å². The van der Waals surface area contributed by atoms with Gasteiger partial charge in [0, 0.05) is 37.2 Å². The monoisotopic (exact) mass is 357 g/mol. The van der Waals surface area contributed by atoms with Gasteiger partial charge in [-0.1, -0.05) is 0 Å². The number of amides is 1. The molecule has 0 radical (unpaired) electrons. The van der Waals surface area contributed by atoms with Gasteiger partial charge >= 0.3 is 0 Å². The van der Waals surface area contributed by atoms with E-state index in [2.05, 4.69) is 9.88 Å². The van der Waals surface area contributed by atoms with E-state index in [0.29, 0.717) is 42.6 Å². The van der Waals surface area contributed by atoms with Crippen molar-refractivity contribution in [1.82, 2.24) is 9.88 Å². The fraction of sp³-hybridized carbons (Fsp3) is 0.222. The van der Waals surface area contributed by atoms with Gasteiger partial charge in [0.05, 0.1) is 6.26 Å². The number of hydrogen-bond acceptors (Lipinski definition) is 5. The molecule has 128 valence electrons. The summed E-state index contributed by atoms with van der Waals surface area (Å²) in [6, 6.07) is 10.1. The number of hydrogen-bond donors (Lipinski definition) is 0. The van der Waals surface area contributed by atoms with Crippen LogP contribution in [0.2, 0.25) is 0 Å². The molecule has 0 aliphatic carbocycles. The van der Waals surface area contributed by atoms with Gasteiger partial charge in [0.1, 0.15) is 11.5 Å². The van der Waals surface area contributed by atoms with Gasteiger partial charge in [0.15, 0.2) is 10.8 Å². The quantitative estimate of drug-likeness (QED) is 0.720. The summed E-state index contributed by atoms with van der Waals surface area (Å²) >= 11 is 1.40. The zero-order valence-electron chi connectivity index (χ0n) is 13.4. The van der Waals surface area contributed by atoms with Crippen LogP contribution in [0.1, 0.15) is 10.5 Å². The van der Waals surface area contributed by atoms with Gasteiger partial charge in [0.2, 0.25) is 0 Å². The summed E-state index contributed by atoms with van der Waals surface area (Å²) in [5.74, 6) is 0.367. The lowest BCUT2D eigenvalue weighted by Gasteiger charge is -2.35. The Morgan fingerprint density at radius 2 is 1.88 bits per heavy atom. The van der Waals surface area contributed by atoms with Crippen LogP contribution in [0.4, 0.5) is 10.1 Å². The molecule has 2 aromatic heterocycles. The van der Waals surface area contributed by atoms with Crippen LogP contribution in [0.15, 0.2) is 52.5 Å². The molecule has 1 aromatic carbocycles. The number of carbonyl (C=O) groups is 1. The number of piperazine rings is 1. The molecule has 5 nitrogen and oxygen atoms in total. The van der Waals surface area contributed by atoms with Crippen molar-refractivity contribution in [1.29, 1.82) is 0 Å². The number of thiazole rings is 1. The van der Waals surface area contributed by atoms with Crippen molar-refractivity contribution in [2.75, 3.05) is 31.1 Å². The lowest BCUT2D eigenvalue weighted by Crippen LogP contribution is -2.48. The Morgan fingerprint density at radius 3 is 2.56 bits per heavy atom. The predicted octanol–water partition coefficient (Wildman–Crippen LogP) is 3.50. The Kier molecular flexibility index (Phi) is 4.23. The van der Waals surface area contributed by atoms with E-state index >= 15 is 0 Å². The van der Waals surface area contributed by atoms with Crippen molar-refractivity contribution in [2.24, 2.45) is 0 Å². The van der Waals surface area contributed by atoms with Crippen LogP contribution >= 0.6 is 11.3 Å². The van der Waals surface area contributed by atoms with Crippen LogP contribution in [0, 0.1) is 5.82 Å². The van der Waals surface area contributed by atoms with Crippen LogP contribution in [0.3, 0.4) is 0 Å². The van der Waals surface area contributed by atoms with Crippen molar-refractivity contribution in [2.45, 2.75) is 0 Å². The molecule has 0 spiro atoms. The van der Waals surface area contributed by atoms with Crippen LogP contribution in [0.25, 0.3) is 10.8 Å². The van der Waals surface area contributed by atoms with Crippen molar-refractivity contribution in [3.05, 3.63) is 59.6 Å². The van der Waals surface area contributed by atoms with Gasteiger partial charge in [-0.15, -0.1) is 11.3 Å². The lowest BCUT2D eigenvalue weighted by atomic mass is 10.2. The number of nitrogens with zero attached hydrogens (tertiary/aromatic N) is 3. The normalized spacial score (nSPS) is 14.8. The molecule has 0 N–H and O–H groups in total. The smallest absolute Gasteiger partial charge is 0.273 e. The highest BCUT2D eigenvalue weighted by Gasteiger charge is 2.24. The molecular formula is C18H16FN3O2S. The van der Waals surface area contributed by atoms with E-state index in [4.69, 9.17) is 4.42 Å². The van der Waals surface area contributed by atoms with Crippen molar-refractivity contribution in [3.8, 4) is 10.8 Å². The van der Waals surface area contributed by atoms with Gasteiger partial charge in [-0.2, -0.15) is 0 Å². The maximum Gasteiger partial charge on any atom is 0.273 e. The van der Waals surface area contributed by atoms with Crippen LogP contribution in [-0.4, -0.2) is 42.0 Å². The average molecular weight is 357 g/mol. The maximum atomic E-state index is 13.0. The number of furan rings is 1. The summed E-state index contributed by atoms with van der Waals surface area (Å²) in [6.45, 7) is 2.66. The van der Waals surface area contributed by atoms with Crippen molar-refractivity contribution < 1.29 is 13.6 Å². The molecule has 1 aliphatic heterocycles. The van der Waals surface area contributed by atoms with E-state index in [-0.39, 0.29) is 11.7 Å². The first-order chi connectivity index (χ1) is 12.2. The molecule has 0 saturated carbocycles. The summed E-state index contributed by atoms with van der Waals surface area (Å²) in [4.78, 5) is 21.0. The molecule has 0 atom stereocenters. The molecule has 7 heteroatoms. The molecular weight excluding hydrogens is 341 g/mol. The van der Waals surface area contributed by atoms with Gasteiger partial charge in [-0.25, -0.2) is 9.37 Å². The third kappa shape index (κ3) is 3.28. The zero-order valence-corrected chi connectivity index (χ0v) is 14.2. The van der Waals surface area contributed by atoms with E-state index < -0.39 is 0 Å². The summed E-state index contributed by atoms with van der Waals surface area (Å²) in [6.07, 6.45) is 1.59. The molecule has 4 rings (SSSR count). The Morgan fingerprint density at radius 1 is 1.12 bits per heavy atom. The SMILES string of the molecule is O=C(c1csc(-c2ccco2)n1)N1CCN(c2ccc(F)cc2)CC1. The van der Waals surface area contributed by atoms with Crippen LogP contribution < -0.4 is 4.90 Å². The summed E-state index contributed by atoms with van der Waals surface area (Å²) in [5.41, 5.74) is 1.42. The minimum atomic E-state index is -0.242. The standard InChI is InChI=1S/C18H16FN3O2S/c19-13-3-5-14(6-4-13)21-7-9-22(10-8-21)18(23)15-12-25-17(20-15)16-2-1-11-24-16/h1-6,11-12H,7-10H2. The number of rotatable bonds is 3. The highest BCUT2D eigenvalue weighted by Crippen LogP contribution is 2.25. The van der Waals surface area contributed by atoms with E-state index in [0.717, 1.165) is 5.69 Å². The highest BCUT2D eigenvalue weighted by atomic mass is 32.1. The minimum Gasteiger partial charge on any atom is -0.462 e. The largest absolute Gasteiger partial charge is 0.462 e. The zero-order chi connectivity index (χ0) is 17.2. The molecule has 1 aliphatic rings. The summed E-state index contributed by atoms with van der Waals surface area (Å²) < 4.78 is 18.3. The first-order valence-electron chi connectivity index (χ1n) is 8.00. The molecule has 25 heavy (non-hydrogen) atoms. The summed E-state index contributed by atoms with van der Waals surface area (Å²) in [5, 5.41) is 2.48. The first kappa shape index (κ1) is 15.8. The molecule has 1 fully saturated rings. The van der Waals surface area contributed by atoms with Gasteiger partial charge in [-0.3, -0.25) is 4.79 Å². The Labute approximate surface area is 148 Å². The topological polar surface area (TPSA) is 49.6 Å². The number of halogens is 1. The number of anilines is 1.